The maximum Gasteiger partial charge on any atom is 0.374 e. The Morgan fingerprint density at radius 1 is 1.35 bits per heavy atom. The molecule has 1 aromatic heterocycles. The van der Waals surface area contributed by atoms with Gasteiger partial charge in [-0.05, 0) is 31.0 Å². The maximum atomic E-state index is 13.8. The van der Waals surface area contributed by atoms with Crippen LogP contribution in [0.4, 0.5) is 4.39 Å². The number of hydrogen-bond donors (Lipinski definition) is 1. The molecule has 0 fully saturated rings. The van der Waals surface area contributed by atoms with E-state index >= 15 is 0 Å². The molecule has 0 aliphatic carbocycles. The molecule has 0 aliphatic rings. The molecule has 0 bridgehead atoms. The predicted molar refractivity (Wildman–Crippen MR) is 58.3 cm³/mol. The van der Waals surface area contributed by atoms with E-state index in [2.05, 4.69) is 9.68 Å². The first-order chi connectivity index (χ1) is 7.99. The van der Waals surface area contributed by atoms with Crippen molar-refractivity contribution in [3.63, 3.8) is 0 Å². The highest BCUT2D eigenvalue weighted by Gasteiger charge is 2.16. The molecule has 0 saturated carbocycles. The SMILES string of the molecule is Cc1cc(C)c(F)c(-c2cc(C(=O)O)on2)c1. The van der Waals surface area contributed by atoms with Crippen molar-refractivity contribution in [2.45, 2.75) is 13.8 Å². The van der Waals surface area contributed by atoms with Gasteiger partial charge in [0.15, 0.2) is 0 Å². The minimum Gasteiger partial charge on any atom is -0.475 e. The van der Waals surface area contributed by atoms with Crippen LogP contribution in [0.15, 0.2) is 22.7 Å². The average molecular weight is 235 g/mol. The lowest BCUT2D eigenvalue weighted by Crippen LogP contribution is -1.92. The van der Waals surface area contributed by atoms with E-state index in [1.807, 2.05) is 6.92 Å². The number of halogens is 1. The number of hydrogen-bond acceptors (Lipinski definition) is 3. The Morgan fingerprint density at radius 3 is 2.65 bits per heavy atom. The summed E-state index contributed by atoms with van der Waals surface area (Å²) in [5.41, 5.74) is 1.80. The first-order valence-corrected chi connectivity index (χ1v) is 4.96. The summed E-state index contributed by atoms with van der Waals surface area (Å²) in [6.45, 7) is 3.47. The lowest BCUT2D eigenvalue weighted by molar-refractivity contribution is 0.0652. The number of carbonyl (C=O) groups is 1. The number of carboxylic acid groups (broad SMARTS) is 1. The quantitative estimate of drug-likeness (QED) is 0.869. The molecule has 88 valence electrons. The number of carboxylic acids is 1. The zero-order chi connectivity index (χ0) is 12.6. The standard InChI is InChI=1S/C12H10FNO3/c1-6-3-7(2)11(13)8(4-6)9-5-10(12(15)16)17-14-9/h3-5H,1-2H3,(H,15,16). The number of benzene rings is 1. The van der Waals surface area contributed by atoms with Gasteiger partial charge in [0.1, 0.15) is 11.5 Å². The van der Waals surface area contributed by atoms with Gasteiger partial charge in [0.25, 0.3) is 0 Å². The average Bonchev–Trinajstić information content (AvgIpc) is 2.72. The van der Waals surface area contributed by atoms with Crippen LogP contribution in [0.3, 0.4) is 0 Å². The van der Waals surface area contributed by atoms with E-state index in [1.165, 1.54) is 6.07 Å². The van der Waals surface area contributed by atoms with Crippen LogP contribution >= 0.6 is 0 Å². The topological polar surface area (TPSA) is 63.3 Å². The summed E-state index contributed by atoms with van der Waals surface area (Å²) >= 11 is 0. The molecule has 1 aromatic carbocycles. The van der Waals surface area contributed by atoms with Gasteiger partial charge >= 0.3 is 5.97 Å². The predicted octanol–water partition coefficient (Wildman–Crippen LogP) is 2.80. The smallest absolute Gasteiger partial charge is 0.374 e. The monoisotopic (exact) mass is 235 g/mol. The fraction of sp³-hybridized carbons (Fsp3) is 0.167. The van der Waals surface area contributed by atoms with E-state index in [9.17, 15) is 9.18 Å². The van der Waals surface area contributed by atoms with Crippen LogP contribution in [0.2, 0.25) is 0 Å². The third-order valence-electron chi connectivity index (χ3n) is 2.40. The van der Waals surface area contributed by atoms with Gasteiger partial charge in [-0.2, -0.15) is 0 Å². The van der Waals surface area contributed by atoms with Crippen molar-refractivity contribution in [2.75, 3.05) is 0 Å². The molecular formula is C12H10FNO3. The van der Waals surface area contributed by atoms with Crippen molar-refractivity contribution in [1.82, 2.24) is 5.16 Å². The van der Waals surface area contributed by atoms with Crippen LogP contribution in [-0.4, -0.2) is 16.2 Å². The summed E-state index contributed by atoms with van der Waals surface area (Å²) in [5, 5.41) is 12.3. The number of aryl methyl sites for hydroxylation is 2. The van der Waals surface area contributed by atoms with Crippen molar-refractivity contribution in [1.29, 1.82) is 0 Å². The van der Waals surface area contributed by atoms with E-state index in [4.69, 9.17) is 5.11 Å². The second-order valence-corrected chi connectivity index (χ2v) is 3.82. The molecule has 2 rings (SSSR count). The molecule has 0 aliphatic heterocycles. The van der Waals surface area contributed by atoms with Crippen molar-refractivity contribution >= 4 is 5.97 Å². The van der Waals surface area contributed by atoms with Crippen LogP contribution in [0.25, 0.3) is 11.3 Å². The minimum atomic E-state index is -1.23. The largest absolute Gasteiger partial charge is 0.475 e. The Labute approximate surface area is 96.7 Å². The van der Waals surface area contributed by atoms with Gasteiger partial charge in [-0.25, -0.2) is 9.18 Å². The van der Waals surface area contributed by atoms with Crippen molar-refractivity contribution in [3.8, 4) is 11.3 Å². The van der Waals surface area contributed by atoms with E-state index < -0.39 is 11.8 Å². The molecule has 0 atom stereocenters. The third-order valence-corrected chi connectivity index (χ3v) is 2.40. The molecule has 0 radical (unpaired) electrons. The first-order valence-electron chi connectivity index (χ1n) is 4.96. The van der Waals surface area contributed by atoms with Gasteiger partial charge in [0.2, 0.25) is 5.76 Å². The lowest BCUT2D eigenvalue weighted by Gasteiger charge is -2.04. The number of nitrogens with zero attached hydrogens (tertiary/aromatic N) is 1. The second-order valence-electron chi connectivity index (χ2n) is 3.82. The fourth-order valence-electron chi connectivity index (χ4n) is 1.64. The Bertz CT molecular complexity index is 589. The van der Waals surface area contributed by atoms with Gasteiger partial charge in [-0.1, -0.05) is 11.2 Å². The van der Waals surface area contributed by atoms with Gasteiger partial charge < -0.3 is 9.63 Å². The lowest BCUT2D eigenvalue weighted by atomic mass is 10.0. The molecule has 0 saturated heterocycles. The van der Waals surface area contributed by atoms with Crippen LogP contribution in [-0.2, 0) is 0 Å². The fourth-order valence-corrected chi connectivity index (χ4v) is 1.64. The van der Waals surface area contributed by atoms with Gasteiger partial charge in [0, 0.05) is 11.6 Å². The summed E-state index contributed by atoms with van der Waals surface area (Å²) in [6.07, 6.45) is 0. The van der Waals surface area contributed by atoms with Crippen molar-refractivity contribution in [3.05, 3.63) is 40.9 Å². The van der Waals surface area contributed by atoms with Crippen LogP contribution < -0.4 is 0 Å². The maximum absolute atomic E-state index is 13.8. The normalized spacial score (nSPS) is 10.5. The van der Waals surface area contributed by atoms with E-state index in [0.29, 0.717) is 5.56 Å². The number of aromatic nitrogens is 1. The van der Waals surface area contributed by atoms with E-state index in [-0.39, 0.29) is 17.0 Å². The Hall–Kier alpha value is -2.17. The molecule has 1 N–H and O–H groups in total. The van der Waals surface area contributed by atoms with E-state index in [1.54, 1.807) is 19.1 Å². The molecular weight excluding hydrogens is 225 g/mol. The molecule has 0 spiro atoms. The summed E-state index contributed by atoms with van der Waals surface area (Å²) in [6, 6.07) is 4.52. The molecule has 5 heteroatoms. The summed E-state index contributed by atoms with van der Waals surface area (Å²) in [4.78, 5) is 10.6. The number of rotatable bonds is 2. The van der Waals surface area contributed by atoms with Crippen LogP contribution in [0.5, 0.6) is 0 Å². The highest BCUT2D eigenvalue weighted by Crippen LogP contribution is 2.26. The number of aromatic carboxylic acids is 1. The van der Waals surface area contributed by atoms with Crippen LogP contribution in [0, 0.1) is 19.7 Å². The molecule has 2 aromatic rings. The zero-order valence-electron chi connectivity index (χ0n) is 9.32. The molecule has 0 unspecified atom stereocenters. The van der Waals surface area contributed by atoms with Crippen molar-refractivity contribution < 1.29 is 18.8 Å². The van der Waals surface area contributed by atoms with Crippen molar-refractivity contribution in [2.24, 2.45) is 0 Å². The highest BCUT2D eigenvalue weighted by molar-refractivity contribution is 5.85. The molecule has 0 amide bonds. The Balaban J connectivity index is 2.56. The van der Waals surface area contributed by atoms with Crippen LogP contribution in [0.1, 0.15) is 21.7 Å². The van der Waals surface area contributed by atoms with Gasteiger partial charge in [0.05, 0.1) is 0 Å². The van der Waals surface area contributed by atoms with Gasteiger partial charge in [-0.3, -0.25) is 0 Å². The first kappa shape index (κ1) is 11.3. The summed E-state index contributed by atoms with van der Waals surface area (Å²) in [5.74, 6) is -1.95. The Morgan fingerprint density at radius 2 is 2.06 bits per heavy atom. The Kier molecular flexibility index (Phi) is 2.67. The minimum absolute atomic E-state index is 0.187. The zero-order valence-corrected chi connectivity index (χ0v) is 9.32. The third kappa shape index (κ3) is 2.04. The van der Waals surface area contributed by atoms with E-state index in [0.717, 1.165) is 5.56 Å². The molecule has 17 heavy (non-hydrogen) atoms. The summed E-state index contributed by atoms with van der Waals surface area (Å²) < 4.78 is 18.4. The molecule has 4 nitrogen and oxygen atoms in total. The second kappa shape index (κ2) is 4.01. The highest BCUT2D eigenvalue weighted by atomic mass is 19.1. The van der Waals surface area contributed by atoms with Gasteiger partial charge in [-0.15, -0.1) is 0 Å². The molecule has 1 heterocycles. The summed E-state index contributed by atoms with van der Waals surface area (Å²) in [7, 11) is 0.